The van der Waals surface area contributed by atoms with Crippen LogP contribution in [0.4, 0.5) is 0 Å². The van der Waals surface area contributed by atoms with E-state index in [1.807, 2.05) is 34.6 Å². The Hall–Kier alpha value is -5.02. The minimum Gasteiger partial charge on any atom is -0.481 e. The third-order valence-corrected chi connectivity index (χ3v) is 17.9. The molecule has 4 rings (SSSR count). The van der Waals surface area contributed by atoms with Crippen LogP contribution in [0.2, 0.25) is 0 Å². The third kappa shape index (κ3) is 18.2. The summed E-state index contributed by atoms with van der Waals surface area (Å²) in [6.07, 6.45) is 4.04. The molecular weight excluding hydrogens is 1100 g/mol. The fourth-order valence-electron chi connectivity index (χ4n) is 11.7. The van der Waals surface area contributed by atoms with Gasteiger partial charge in [0.1, 0.15) is 25.4 Å². The van der Waals surface area contributed by atoms with E-state index in [-0.39, 0.29) is 133 Å². The molecule has 0 aromatic rings. The molecule has 0 heterocycles. The van der Waals surface area contributed by atoms with Crippen molar-refractivity contribution < 1.29 is 91.7 Å². The van der Waals surface area contributed by atoms with Crippen LogP contribution in [0.15, 0.2) is 23.8 Å². The largest absolute Gasteiger partial charge is 0.481 e. The standard InChI is InChI=1S/C55H84ClN5O19S/c1-8-48(71)80-55(34(4)27-39-38-10-9-36-28-37(62)13-16-52(36,6)54(38,56)42(63)30-53(39,55)7)43(64)31-79-32-59-49(72)35(5)60-50(73)40(11-12-46(67)68)61-45(66)15-19-75-21-23-77-25-26-78-24-22-76-20-18-57-44(65)14-17-58-51(74)41(29-47(69)70)81-33(2)3/h13,16,28,33-35,38-42,63H,8-12,14-15,17-27,29-32H2,1-7H3,(H,57,65)(H,58,74)(H,59,72)(H,60,73)(H,61,66)(H,67,68)(H,69,70)/t34-,35-,38-,39?,40-,41?,42-,52-,53-,54-,55-/m0/s1. The van der Waals surface area contributed by atoms with Gasteiger partial charge in [0, 0.05) is 55.5 Å². The Balaban J connectivity index is 1.11. The molecule has 81 heavy (non-hydrogen) atoms. The number of ether oxygens (including phenoxy) is 6. The van der Waals surface area contributed by atoms with Gasteiger partial charge in [0.15, 0.2) is 11.4 Å². The van der Waals surface area contributed by atoms with Gasteiger partial charge in [-0.3, -0.25) is 47.9 Å². The van der Waals surface area contributed by atoms with E-state index in [1.165, 1.54) is 24.8 Å². The van der Waals surface area contributed by atoms with Crippen molar-refractivity contribution in [2.24, 2.45) is 28.6 Å². The quantitative estimate of drug-likeness (QED) is 0.0191. The predicted molar refractivity (Wildman–Crippen MR) is 294 cm³/mol. The van der Waals surface area contributed by atoms with Gasteiger partial charge < -0.3 is 70.3 Å². The molecule has 0 radical (unpaired) electrons. The first kappa shape index (κ1) is 68.5. The van der Waals surface area contributed by atoms with Crippen LogP contribution in [0.25, 0.3) is 0 Å². The van der Waals surface area contributed by atoms with Crippen molar-refractivity contribution in [3.05, 3.63) is 23.8 Å². The molecule has 3 fully saturated rings. The Morgan fingerprint density at radius 1 is 0.765 bits per heavy atom. The van der Waals surface area contributed by atoms with Crippen LogP contribution < -0.4 is 26.6 Å². The van der Waals surface area contributed by atoms with Crippen molar-refractivity contribution in [1.29, 1.82) is 0 Å². The normalized spacial score (nSPS) is 26.6. The highest BCUT2D eigenvalue weighted by Crippen LogP contribution is 2.72. The number of Topliss-reactive ketones (excluding diaryl/α,β-unsaturated/α-hetero) is 1. The summed E-state index contributed by atoms with van der Waals surface area (Å²) >= 11 is 8.85. The second kappa shape index (κ2) is 32.1. The molecule has 5 amide bonds. The van der Waals surface area contributed by atoms with Crippen molar-refractivity contribution >= 4 is 82.4 Å². The Morgan fingerprint density at radius 3 is 2.02 bits per heavy atom. The molecule has 3 saturated carbocycles. The van der Waals surface area contributed by atoms with Crippen LogP contribution in [-0.2, 0) is 76.4 Å². The number of allylic oxidation sites excluding steroid dienone is 4. The lowest BCUT2D eigenvalue weighted by atomic mass is 9.45. The Bertz CT molecular complexity index is 2310. The van der Waals surface area contributed by atoms with E-state index in [0.29, 0.717) is 19.3 Å². The molecule has 0 aromatic heterocycles. The summed E-state index contributed by atoms with van der Waals surface area (Å²) in [6, 6.07) is -2.51. The van der Waals surface area contributed by atoms with Gasteiger partial charge >= 0.3 is 17.9 Å². The molecule has 26 heteroatoms. The summed E-state index contributed by atoms with van der Waals surface area (Å²) in [7, 11) is 0. The fraction of sp³-hybridized carbons (Fsp3) is 0.745. The van der Waals surface area contributed by atoms with Crippen LogP contribution in [0.3, 0.4) is 0 Å². The minimum atomic E-state index is -1.72. The van der Waals surface area contributed by atoms with Gasteiger partial charge in [0.2, 0.25) is 35.3 Å². The lowest BCUT2D eigenvalue weighted by molar-refractivity contribution is -0.203. The number of hydrogen-bond donors (Lipinski definition) is 8. The molecule has 0 saturated heterocycles. The van der Waals surface area contributed by atoms with E-state index in [9.17, 15) is 58.2 Å². The zero-order chi connectivity index (χ0) is 60.1. The molecule has 11 atom stereocenters. The van der Waals surface area contributed by atoms with Crippen LogP contribution in [0.5, 0.6) is 0 Å². The molecule has 2 unspecified atom stereocenters. The van der Waals surface area contributed by atoms with E-state index < -0.39 is 118 Å². The summed E-state index contributed by atoms with van der Waals surface area (Å²) in [5.74, 6) is -7.57. The molecule has 8 N–H and O–H groups in total. The topological polar surface area (TPSA) is 347 Å². The molecule has 0 aliphatic heterocycles. The highest BCUT2D eigenvalue weighted by molar-refractivity contribution is 8.01. The average Bonchev–Trinajstić information content (AvgIpc) is 3.84. The zero-order valence-electron chi connectivity index (χ0n) is 47.6. The molecule has 4 aliphatic carbocycles. The number of aliphatic carboxylic acids is 2. The van der Waals surface area contributed by atoms with Gasteiger partial charge in [-0.1, -0.05) is 53.2 Å². The molecule has 0 bridgehead atoms. The monoisotopic (exact) mass is 1190 g/mol. The number of carbonyl (C=O) groups is 10. The summed E-state index contributed by atoms with van der Waals surface area (Å²) in [6.45, 7) is 13.1. The SMILES string of the molecule is CCC(=O)O[C@]1(C(=O)COCNC(=O)[C@H](C)NC(=O)[C@H](CCC(=O)O)NC(=O)CCOCCOCCOCCOCCNC(=O)CCNC(=O)C(CC(=O)O)SC(C)C)[C@@H](C)CC2[C@@H]3CCC4=CC(=O)C=C[C@]4(C)[C@@]3(Cl)[C@@H](O)C[C@@]21C. The maximum Gasteiger partial charge on any atom is 0.306 e. The number of carboxylic acid groups (broad SMARTS) is 2. The first-order valence-corrected chi connectivity index (χ1v) is 29.0. The average molecular weight is 1190 g/mol. The second-order valence-corrected chi connectivity index (χ2v) is 24.0. The van der Waals surface area contributed by atoms with Crippen LogP contribution in [-0.4, -0.2) is 193 Å². The number of amides is 5. The van der Waals surface area contributed by atoms with Crippen LogP contribution in [0, 0.1) is 28.6 Å². The number of thioether (sulfide) groups is 1. The van der Waals surface area contributed by atoms with E-state index in [1.54, 1.807) is 19.1 Å². The fourth-order valence-corrected chi connectivity index (χ4v) is 13.4. The molecule has 0 aromatic carbocycles. The van der Waals surface area contributed by atoms with Crippen molar-refractivity contribution in [2.45, 2.75) is 152 Å². The summed E-state index contributed by atoms with van der Waals surface area (Å²) in [4.78, 5) is 125. The van der Waals surface area contributed by atoms with Crippen molar-refractivity contribution in [2.75, 3.05) is 79.3 Å². The second-order valence-electron chi connectivity index (χ2n) is 21.6. The number of nitrogens with one attached hydrogen (secondary N) is 5. The molecule has 4 aliphatic rings. The Labute approximate surface area is 482 Å². The maximum absolute atomic E-state index is 14.6. The minimum absolute atomic E-state index is 0.0167. The molecule has 24 nitrogen and oxygen atoms in total. The summed E-state index contributed by atoms with van der Waals surface area (Å²) in [5.41, 5.74) is -2.79. The lowest BCUT2D eigenvalue weighted by Crippen LogP contribution is -2.69. The van der Waals surface area contributed by atoms with Gasteiger partial charge in [-0.25, -0.2) is 0 Å². The first-order chi connectivity index (χ1) is 38.3. The van der Waals surface area contributed by atoms with Crippen LogP contribution in [0.1, 0.15) is 113 Å². The third-order valence-electron chi connectivity index (χ3n) is 15.7. The van der Waals surface area contributed by atoms with E-state index in [4.69, 9.17) is 45.1 Å². The first-order valence-electron chi connectivity index (χ1n) is 27.7. The van der Waals surface area contributed by atoms with E-state index >= 15 is 0 Å². The number of fused-ring (bicyclic) bond motifs is 5. The Morgan fingerprint density at radius 2 is 1.41 bits per heavy atom. The van der Waals surface area contributed by atoms with Crippen molar-refractivity contribution in [3.8, 4) is 0 Å². The highest BCUT2D eigenvalue weighted by atomic mass is 35.5. The number of alkyl halides is 1. The van der Waals surface area contributed by atoms with Gasteiger partial charge in [-0.15, -0.1) is 23.4 Å². The smallest absolute Gasteiger partial charge is 0.306 e. The lowest BCUT2D eigenvalue weighted by Gasteiger charge is -2.64. The van der Waals surface area contributed by atoms with E-state index in [0.717, 1.165) is 5.57 Å². The number of esters is 1. The maximum atomic E-state index is 14.6. The van der Waals surface area contributed by atoms with E-state index in [2.05, 4.69) is 26.6 Å². The van der Waals surface area contributed by atoms with Gasteiger partial charge in [-0.2, -0.15) is 0 Å². The number of aliphatic hydroxyl groups is 1. The Kier molecular flexibility index (Phi) is 27.2. The number of aliphatic hydroxyl groups excluding tert-OH is 1. The predicted octanol–water partition coefficient (Wildman–Crippen LogP) is 2.14. The molecular formula is C55H84ClN5O19S. The number of halogens is 1. The number of ketones is 2. The van der Waals surface area contributed by atoms with Gasteiger partial charge in [-0.05, 0) is 68.3 Å². The van der Waals surface area contributed by atoms with Crippen LogP contribution >= 0.6 is 23.4 Å². The number of hydrogen-bond acceptors (Lipinski definition) is 18. The van der Waals surface area contributed by atoms with Gasteiger partial charge in [0.25, 0.3) is 0 Å². The number of carboxylic acids is 2. The summed E-state index contributed by atoms with van der Waals surface area (Å²) < 4.78 is 33.7. The van der Waals surface area contributed by atoms with Crippen molar-refractivity contribution in [3.63, 3.8) is 0 Å². The number of rotatable bonds is 37. The van der Waals surface area contributed by atoms with Crippen molar-refractivity contribution in [1.82, 2.24) is 26.6 Å². The molecule has 456 valence electrons. The molecule has 0 spiro atoms. The number of carbonyl (C=O) groups excluding carboxylic acids is 8. The highest BCUT2D eigenvalue weighted by Gasteiger charge is 2.76. The van der Waals surface area contributed by atoms with Gasteiger partial charge in [0.05, 0.1) is 75.5 Å². The zero-order valence-corrected chi connectivity index (χ0v) is 49.1. The summed E-state index contributed by atoms with van der Waals surface area (Å²) in [5, 5.41) is 42.5.